The summed E-state index contributed by atoms with van der Waals surface area (Å²) in [6.07, 6.45) is -0.558. The summed E-state index contributed by atoms with van der Waals surface area (Å²) < 4.78 is 5.23. The van der Waals surface area contributed by atoms with E-state index in [1.807, 2.05) is 32.0 Å². The molecule has 3 amide bonds. The summed E-state index contributed by atoms with van der Waals surface area (Å²) in [5.74, 6) is -4.10. The summed E-state index contributed by atoms with van der Waals surface area (Å²) >= 11 is 0. The molecule has 10 nitrogen and oxygen atoms in total. The van der Waals surface area contributed by atoms with E-state index in [-0.39, 0.29) is 25.4 Å². The Balaban J connectivity index is 2.14. The number of carbonyl (C=O) groups is 5. The standard InChI is InChI=1S/C27H33N3O7/c1-17(2)14-22(30-27(36)37-16-20-12-8-5-9-13-20)24(32)29-21(15-19-10-6-4-7-11-19)23(31)25(33)28-18(3)26(34)35/h4-13,17-18,21-22H,14-16H2,1-3H3,(H,28,33)(H,29,32)(H,30,36)(H,34,35)/t18-,21-,22-/m0/s1. The minimum Gasteiger partial charge on any atom is -0.480 e. The molecule has 0 aromatic heterocycles. The monoisotopic (exact) mass is 511 g/mol. The van der Waals surface area contributed by atoms with Gasteiger partial charge in [-0.1, -0.05) is 74.5 Å². The van der Waals surface area contributed by atoms with E-state index in [0.717, 1.165) is 5.56 Å². The van der Waals surface area contributed by atoms with E-state index >= 15 is 0 Å². The van der Waals surface area contributed by atoms with Crippen LogP contribution in [-0.2, 0) is 36.9 Å². The van der Waals surface area contributed by atoms with Gasteiger partial charge in [-0.15, -0.1) is 0 Å². The molecule has 0 spiro atoms. The Morgan fingerprint density at radius 1 is 0.784 bits per heavy atom. The largest absolute Gasteiger partial charge is 0.480 e. The molecule has 2 aromatic rings. The summed E-state index contributed by atoms with van der Waals surface area (Å²) in [4.78, 5) is 62.1. The van der Waals surface area contributed by atoms with Gasteiger partial charge in [0, 0.05) is 6.42 Å². The van der Waals surface area contributed by atoms with Crippen molar-refractivity contribution in [2.75, 3.05) is 0 Å². The minimum atomic E-state index is -1.31. The molecule has 2 rings (SSSR count). The van der Waals surface area contributed by atoms with Crippen molar-refractivity contribution >= 4 is 29.7 Å². The smallest absolute Gasteiger partial charge is 0.408 e. The van der Waals surface area contributed by atoms with E-state index in [0.29, 0.717) is 5.56 Å². The van der Waals surface area contributed by atoms with Crippen LogP contribution in [0.25, 0.3) is 0 Å². The highest BCUT2D eigenvalue weighted by Gasteiger charge is 2.32. The molecule has 3 atom stereocenters. The lowest BCUT2D eigenvalue weighted by molar-refractivity contribution is -0.144. The van der Waals surface area contributed by atoms with Gasteiger partial charge in [0.25, 0.3) is 5.91 Å². The van der Waals surface area contributed by atoms with Gasteiger partial charge in [-0.3, -0.25) is 19.2 Å². The van der Waals surface area contributed by atoms with Crippen molar-refractivity contribution in [3.05, 3.63) is 71.8 Å². The van der Waals surface area contributed by atoms with Crippen LogP contribution in [0.5, 0.6) is 0 Å². The molecule has 198 valence electrons. The van der Waals surface area contributed by atoms with Crippen molar-refractivity contribution in [2.45, 2.75) is 58.3 Å². The third kappa shape index (κ3) is 10.1. The van der Waals surface area contributed by atoms with Crippen LogP contribution in [-0.4, -0.2) is 52.9 Å². The number of ether oxygens (including phenoxy) is 1. The number of hydrogen-bond donors (Lipinski definition) is 4. The number of amides is 3. The van der Waals surface area contributed by atoms with Gasteiger partial charge in [-0.25, -0.2) is 4.79 Å². The molecule has 2 aromatic carbocycles. The Hall–Kier alpha value is -4.21. The van der Waals surface area contributed by atoms with Crippen molar-refractivity contribution in [1.29, 1.82) is 0 Å². The highest BCUT2D eigenvalue weighted by molar-refractivity contribution is 6.38. The van der Waals surface area contributed by atoms with Crippen LogP contribution in [0.1, 0.15) is 38.3 Å². The van der Waals surface area contributed by atoms with Crippen LogP contribution in [0, 0.1) is 5.92 Å². The van der Waals surface area contributed by atoms with Crippen molar-refractivity contribution in [2.24, 2.45) is 5.92 Å². The summed E-state index contributed by atoms with van der Waals surface area (Å²) in [6.45, 7) is 4.97. The number of carbonyl (C=O) groups excluding carboxylic acids is 4. The van der Waals surface area contributed by atoms with Crippen molar-refractivity contribution in [1.82, 2.24) is 16.0 Å². The number of alkyl carbamates (subject to hydrolysis) is 1. The molecule has 0 saturated heterocycles. The molecule has 10 heteroatoms. The predicted molar refractivity (Wildman–Crippen MR) is 135 cm³/mol. The Morgan fingerprint density at radius 2 is 1.35 bits per heavy atom. The molecule has 0 heterocycles. The first-order valence-electron chi connectivity index (χ1n) is 12.0. The molecule has 0 aliphatic carbocycles. The van der Waals surface area contributed by atoms with Crippen molar-refractivity contribution in [3.63, 3.8) is 0 Å². The van der Waals surface area contributed by atoms with E-state index in [2.05, 4.69) is 16.0 Å². The highest BCUT2D eigenvalue weighted by Crippen LogP contribution is 2.09. The maximum atomic E-state index is 13.2. The maximum Gasteiger partial charge on any atom is 0.408 e. The Morgan fingerprint density at radius 3 is 1.89 bits per heavy atom. The second-order valence-electron chi connectivity index (χ2n) is 9.04. The third-order valence-corrected chi connectivity index (χ3v) is 5.39. The van der Waals surface area contributed by atoms with Crippen LogP contribution < -0.4 is 16.0 Å². The normalized spacial score (nSPS) is 13.1. The van der Waals surface area contributed by atoms with E-state index in [9.17, 15) is 24.0 Å². The Kier molecular flexibility index (Phi) is 11.3. The summed E-state index contributed by atoms with van der Waals surface area (Å²) in [5, 5.41) is 16.3. The van der Waals surface area contributed by atoms with Gasteiger partial charge < -0.3 is 25.8 Å². The topological polar surface area (TPSA) is 151 Å². The second kappa shape index (κ2) is 14.4. The molecule has 0 aliphatic rings. The first kappa shape index (κ1) is 29.0. The van der Waals surface area contributed by atoms with Crippen LogP contribution in [0.3, 0.4) is 0 Å². The lowest BCUT2D eigenvalue weighted by Crippen LogP contribution is -2.55. The number of nitrogens with one attached hydrogen (secondary N) is 3. The molecular weight excluding hydrogens is 478 g/mol. The van der Waals surface area contributed by atoms with Gasteiger partial charge in [0.2, 0.25) is 11.7 Å². The number of aliphatic carboxylic acids is 1. The summed E-state index contributed by atoms with van der Waals surface area (Å²) in [7, 11) is 0. The zero-order chi connectivity index (χ0) is 27.4. The SMILES string of the molecule is CC(C)C[C@H](NC(=O)OCc1ccccc1)C(=O)N[C@@H](Cc1ccccc1)C(=O)C(=O)N[C@@H](C)C(=O)O. The van der Waals surface area contributed by atoms with Gasteiger partial charge in [0.1, 0.15) is 24.7 Å². The molecule has 37 heavy (non-hydrogen) atoms. The van der Waals surface area contributed by atoms with E-state index in [4.69, 9.17) is 9.84 Å². The highest BCUT2D eigenvalue weighted by atomic mass is 16.5. The molecule has 0 fully saturated rings. The average molecular weight is 512 g/mol. The van der Waals surface area contributed by atoms with Crippen LogP contribution >= 0.6 is 0 Å². The van der Waals surface area contributed by atoms with E-state index < -0.39 is 47.8 Å². The third-order valence-electron chi connectivity index (χ3n) is 5.39. The first-order valence-corrected chi connectivity index (χ1v) is 12.0. The maximum absolute atomic E-state index is 13.2. The molecular formula is C27H33N3O7. The lowest BCUT2D eigenvalue weighted by atomic mass is 9.99. The van der Waals surface area contributed by atoms with Gasteiger partial charge in [-0.2, -0.15) is 0 Å². The van der Waals surface area contributed by atoms with Gasteiger partial charge in [0.15, 0.2) is 0 Å². The molecule has 4 N–H and O–H groups in total. The predicted octanol–water partition coefficient (Wildman–Crippen LogP) is 2.21. The van der Waals surface area contributed by atoms with Gasteiger partial charge in [0.05, 0.1) is 0 Å². The van der Waals surface area contributed by atoms with E-state index in [1.165, 1.54) is 6.92 Å². The fourth-order valence-corrected chi connectivity index (χ4v) is 3.43. The van der Waals surface area contributed by atoms with Crippen LogP contribution in [0.4, 0.5) is 4.79 Å². The van der Waals surface area contributed by atoms with Gasteiger partial charge in [-0.05, 0) is 30.4 Å². The van der Waals surface area contributed by atoms with Crippen molar-refractivity contribution < 1.29 is 33.8 Å². The number of Topliss-reactive ketones (excluding diaryl/α,β-unsaturated/α-hetero) is 1. The number of ketones is 1. The number of carboxylic acids is 1. The fraction of sp³-hybridized carbons (Fsp3) is 0.370. The molecule has 0 aliphatic heterocycles. The first-order chi connectivity index (χ1) is 17.6. The second-order valence-corrected chi connectivity index (χ2v) is 9.04. The molecule has 0 radical (unpaired) electrons. The zero-order valence-corrected chi connectivity index (χ0v) is 21.1. The van der Waals surface area contributed by atoms with Crippen molar-refractivity contribution in [3.8, 4) is 0 Å². The number of carboxylic acid groups (broad SMARTS) is 1. The summed E-state index contributed by atoms with van der Waals surface area (Å²) in [5.41, 5.74) is 1.45. The quantitative estimate of drug-likeness (QED) is 0.301. The molecule has 0 bridgehead atoms. The Bertz CT molecular complexity index is 1070. The van der Waals surface area contributed by atoms with Gasteiger partial charge >= 0.3 is 12.1 Å². The van der Waals surface area contributed by atoms with E-state index in [1.54, 1.807) is 42.5 Å². The lowest BCUT2D eigenvalue weighted by Gasteiger charge is -2.24. The molecule has 0 saturated carbocycles. The number of hydrogen-bond acceptors (Lipinski definition) is 6. The summed E-state index contributed by atoms with van der Waals surface area (Å²) in [6, 6.07) is 14.2. The number of benzene rings is 2. The Labute approximate surface area is 215 Å². The minimum absolute atomic E-state index is 0.00681. The van der Waals surface area contributed by atoms with Crippen LogP contribution in [0.15, 0.2) is 60.7 Å². The number of rotatable bonds is 13. The average Bonchev–Trinajstić information content (AvgIpc) is 2.87. The fourth-order valence-electron chi connectivity index (χ4n) is 3.43. The molecule has 0 unspecified atom stereocenters. The van der Waals surface area contributed by atoms with Crippen LogP contribution in [0.2, 0.25) is 0 Å². The zero-order valence-electron chi connectivity index (χ0n) is 21.1.